The molecule has 7 nitrogen and oxygen atoms in total. The van der Waals surface area contributed by atoms with Crippen molar-refractivity contribution in [3.63, 3.8) is 0 Å². The minimum Gasteiger partial charge on any atom is -0.507 e. The highest BCUT2D eigenvalue weighted by molar-refractivity contribution is 6.02. The number of nitrogens with zero attached hydrogens (tertiary/aromatic N) is 2. The van der Waals surface area contributed by atoms with Crippen LogP contribution < -0.4 is 11.2 Å². The Balaban J connectivity index is 1.85. The molecular formula is C26H15N3O4. The Morgan fingerprint density at radius 1 is 0.939 bits per heavy atom. The molecule has 0 aliphatic carbocycles. The van der Waals surface area contributed by atoms with Gasteiger partial charge in [-0.15, -0.1) is 0 Å². The smallest absolute Gasteiger partial charge is 0.336 e. The topological polar surface area (TPSA) is 120 Å². The lowest BCUT2D eigenvalue weighted by molar-refractivity contribution is 0.475. The van der Waals surface area contributed by atoms with E-state index in [0.29, 0.717) is 22.1 Å². The molecule has 0 bridgehead atoms. The highest BCUT2D eigenvalue weighted by atomic mass is 16.4. The van der Waals surface area contributed by atoms with Crippen molar-refractivity contribution in [2.75, 3.05) is 0 Å². The number of H-pyrrole nitrogens is 1. The summed E-state index contributed by atoms with van der Waals surface area (Å²) in [5.41, 5.74) is 1.50. The zero-order chi connectivity index (χ0) is 22.9. The van der Waals surface area contributed by atoms with Crippen molar-refractivity contribution in [2.24, 2.45) is 0 Å². The van der Waals surface area contributed by atoms with Gasteiger partial charge in [0, 0.05) is 35.0 Å². The van der Waals surface area contributed by atoms with Gasteiger partial charge in [-0.05, 0) is 35.4 Å². The van der Waals surface area contributed by atoms with Crippen molar-refractivity contribution in [1.29, 1.82) is 5.26 Å². The maximum atomic E-state index is 12.8. The molecule has 0 aliphatic heterocycles. The number of aromatic amines is 1. The molecule has 33 heavy (non-hydrogen) atoms. The monoisotopic (exact) mass is 433 g/mol. The standard InChI is InChI=1S/C26H15N3O4/c27-13-20-18(16-7-4-10-28-14-16)11-21(29-26(20)32)24-22(30)9-8-17-19(12-23(31)33-25(17)24)15-5-2-1-3-6-15/h1-12,14,30H,(H,29,32). The maximum absolute atomic E-state index is 12.8. The van der Waals surface area contributed by atoms with Crippen LogP contribution in [-0.4, -0.2) is 15.1 Å². The molecule has 158 valence electrons. The van der Waals surface area contributed by atoms with Gasteiger partial charge in [0.1, 0.15) is 17.4 Å². The molecule has 0 fully saturated rings. The average Bonchev–Trinajstić information content (AvgIpc) is 2.84. The van der Waals surface area contributed by atoms with E-state index in [1.165, 1.54) is 18.3 Å². The summed E-state index contributed by atoms with van der Waals surface area (Å²) in [7, 11) is 0. The number of hydrogen-bond donors (Lipinski definition) is 2. The van der Waals surface area contributed by atoms with Crippen molar-refractivity contribution < 1.29 is 9.52 Å². The zero-order valence-corrected chi connectivity index (χ0v) is 17.1. The van der Waals surface area contributed by atoms with Crippen molar-refractivity contribution >= 4 is 11.0 Å². The number of phenols is 1. The summed E-state index contributed by atoms with van der Waals surface area (Å²) in [6.45, 7) is 0. The fourth-order valence-corrected chi connectivity index (χ4v) is 3.89. The predicted molar refractivity (Wildman–Crippen MR) is 124 cm³/mol. The molecule has 0 unspecified atom stereocenters. The van der Waals surface area contributed by atoms with E-state index in [1.807, 2.05) is 36.4 Å². The van der Waals surface area contributed by atoms with Gasteiger partial charge in [-0.2, -0.15) is 5.26 Å². The van der Waals surface area contributed by atoms with Crippen LogP contribution in [0.1, 0.15) is 5.56 Å². The normalized spacial score (nSPS) is 10.8. The molecule has 3 heterocycles. The lowest BCUT2D eigenvalue weighted by Gasteiger charge is -2.13. The maximum Gasteiger partial charge on any atom is 0.336 e. The fraction of sp³-hybridized carbons (Fsp3) is 0. The van der Waals surface area contributed by atoms with E-state index >= 15 is 0 Å². The number of nitriles is 1. The van der Waals surface area contributed by atoms with Gasteiger partial charge in [-0.25, -0.2) is 4.79 Å². The van der Waals surface area contributed by atoms with E-state index in [1.54, 1.807) is 30.5 Å². The van der Waals surface area contributed by atoms with Crippen LogP contribution in [0.2, 0.25) is 0 Å². The van der Waals surface area contributed by atoms with Gasteiger partial charge in [0.05, 0.1) is 11.3 Å². The van der Waals surface area contributed by atoms with Crippen LogP contribution in [0.3, 0.4) is 0 Å². The average molecular weight is 433 g/mol. The number of hydrogen-bond acceptors (Lipinski definition) is 6. The third-order valence-electron chi connectivity index (χ3n) is 5.36. The zero-order valence-electron chi connectivity index (χ0n) is 17.1. The van der Waals surface area contributed by atoms with Crippen LogP contribution in [0.5, 0.6) is 5.75 Å². The summed E-state index contributed by atoms with van der Waals surface area (Å²) in [6.07, 6.45) is 3.12. The van der Waals surface area contributed by atoms with Gasteiger partial charge < -0.3 is 14.5 Å². The minimum atomic E-state index is -0.633. The number of aromatic nitrogens is 2. The van der Waals surface area contributed by atoms with Crippen molar-refractivity contribution in [3.8, 4) is 45.3 Å². The largest absolute Gasteiger partial charge is 0.507 e. The quantitative estimate of drug-likeness (QED) is 0.406. The van der Waals surface area contributed by atoms with E-state index in [4.69, 9.17) is 4.42 Å². The van der Waals surface area contributed by atoms with Crippen LogP contribution in [0.25, 0.3) is 44.5 Å². The first kappa shape index (κ1) is 20.0. The lowest BCUT2D eigenvalue weighted by atomic mass is 9.96. The molecule has 0 saturated carbocycles. The number of phenolic OH excluding ortho intramolecular Hbond substituents is 1. The Bertz CT molecular complexity index is 1660. The number of nitrogens with one attached hydrogen (secondary N) is 1. The van der Waals surface area contributed by atoms with Crippen LogP contribution in [-0.2, 0) is 0 Å². The van der Waals surface area contributed by atoms with E-state index in [-0.39, 0.29) is 28.2 Å². The molecule has 0 amide bonds. The second kappa shape index (κ2) is 7.94. The third-order valence-corrected chi connectivity index (χ3v) is 5.36. The van der Waals surface area contributed by atoms with Crippen molar-refractivity contribution in [3.05, 3.63) is 105 Å². The predicted octanol–water partition coefficient (Wildman–Crippen LogP) is 4.45. The summed E-state index contributed by atoms with van der Waals surface area (Å²) in [6, 6.07) is 20.8. The second-order valence-electron chi connectivity index (χ2n) is 7.34. The number of fused-ring (bicyclic) bond motifs is 1. The summed E-state index contributed by atoms with van der Waals surface area (Å²) in [5.74, 6) is -0.187. The molecule has 0 saturated heterocycles. The fourth-order valence-electron chi connectivity index (χ4n) is 3.89. The number of aromatic hydroxyl groups is 1. The van der Waals surface area contributed by atoms with Crippen LogP contribution >= 0.6 is 0 Å². The lowest BCUT2D eigenvalue weighted by Crippen LogP contribution is -2.13. The molecule has 2 aromatic carbocycles. The van der Waals surface area contributed by atoms with Gasteiger partial charge in [-0.3, -0.25) is 9.78 Å². The second-order valence-corrected chi connectivity index (χ2v) is 7.34. The molecule has 2 N–H and O–H groups in total. The van der Waals surface area contributed by atoms with E-state index < -0.39 is 11.2 Å². The molecule has 0 radical (unpaired) electrons. The van der Waals surface area contributed by atoms with E-state index in [0.717, 1.165) is 5.56 Å². The van der Waals surface area contributed by atoms with E-state index in [2.05, 4.69) is 9.97 Å². The van der Waals surface area contributed by atoms with Crippen molar-refractivity contribution in [1.82, 2.24) is 9.97 Å². The molecular weight excluding hydrogens is 418 g/mol. The molecule has 5 aromatic rings. The summed E-state index contributed by atoms with van der Waals surface area (Å²) in [5, 5.41) is 20.9. The molecule has 0 spiro atoms. The van der Waals surface area contributed by atoms with Crippen LogP contribution in [0.15, 0.2) is 93.1 Å². The molecule has 3 aromatic heterocycles. The highest BCUT2D eigenvalue weighted by Crippen LogP contribution is 2.39. The van der Waals surface area contributed by atoms with Crippen LogP contribution in [0.4, 0.5) is 0 Å². The number of pyridine rings is 2. The van der Waals surface area contributed by atoms with Gasteiger partial charge in [0.2, 0.25) is 0 Å². The number of rotatable bonds is 3. The van der Waals surface area contributed by atoms with Gasteiger partial charge in [0.15, 0.2) is 5.58 Å². The Labute approximate surface area is 186 Å². The Kier molecular flexibility index (Phi) is 4.81. The Hall–Kier alpha value is -4.96. The minimum absolute atomic E-state index is 0.0853. The summed E-state index contributed by atoms with van der Waals surface area (Å²) < 4.78 is 5.52. The third kappa shape index (κ3) is 3.46. The first-order valence-electron chi connectivity index (χ1n) is 10.0. The van der Waals surface area contributed by atoms with E-state index in [9.17, 15) is 20.0 Å². The first-order valence-corrected chi connectivity index (χ1v) is 10.0. The van der Waals surface area contributed by atoms with Gasteiger partial charge in [0.25, 0.3) is 5.56 Å². The Morgan fingerprint density at radius 3 is 2.45 bits per heavy atom. The Morgan fingerprint density at radius 2 is 1.73 bits per heavy atom. The highest BCUT2D eigenvalue weighted by Gasteiger charge is 2.20. The van der Waals surface area contributed by atoms with Crippen LogP contribution in [0, 0.1) is 11.3 Å². The van der Waals surface area contributed by atoms with Gasteiger partial charge >= 0.3 is 5.63 Å². The van der Waals surface area contributed by atoms with Gasteiger partial charge in [-0.1, -0.05) is 36.4 Å². The molecule has 0 atom stereocenters. The molecule has 0 aliphatic rings. The molecule has 7 heteroatoms. The summed E-state index contributed by atoms with van der Waals surface area (Å²) in [4.78, 5) is 31.9. The number of benzene rings is 2. The SMILES string of the molecule is N#Cc1c(-c2cccnc2)cc(-c2c(O)ccc3c(-c4ccccc4)cc(=O)oc23)[nH]c1=O. The van der Waals surface area contributed by atoms with Crippen molar-refractivity contribution in [2.45, 2.75) is 0 Å². The first-order chi connectivity index (χ1) is 16.1. The summed E-state index contributed by atoms with van der Waals surface area (Å²) >= 11 is 0. The molecule has 5 rings (SSSR count).